The third-order valence-corrected chi connectivity index (χ3v) is 4.62. The molecule has 21 heavy (non-hydrogen) atoms. The summed E-state index contributed by atoms with van der Waals surface area (Å²) in [5.41, 5.74) is 1.66. The number of pyridine rings is 1. The fraction of sp³-hybridized carbons (Fsp3) is 0.250. The van der Waals surface area contributed by atoms with Crippen LogP contribution in [0.5, 0.6) is 0 Å². The van der Waals surface area contributed by atoms with Gasteiger partial charge in [0.15, 0.2) is 0 Å². The summed E-state index contributed by atoms with van der Waals surface area (Å²) in [6.45, 7) is 0.782. The van der Waals surface area contributed by atoms with Crippen LogP contribution in [-0.4, -0.2) is 22.3 Å². The summed E-state index contributed by atoms with van der Waals surface area (Å²) < 4.78 is 1.73. The van der Waals surface area contributed by atoms with E-state index in [0.717, 1.165) is 23.9 Å². The molecule has 1 amide bonds. The first-order valence-corrected chi connectivity index (χ1v) is 8.43. The van der Waals surface area contributed by atoms with E-state index in [1.54, 1.807) is 6.07 Å². The fourth-order valence-corrected chi connectivity index (χ4v) is 3.51. The van der Waals surface area contributed by atoms with E-state index in [1.165, 1.54) is 5.56 Å². The number of hydrogen-bond acceptors (Lipinski definition) is 2. The molecule has 0 radical (unpaired) electrons. The Morgan fingerprint density at radius 2 is 2.00 bits per heavy atom. The average molecular weight is 410 g/mol. The van der Waals surface area contributed by atoms with Crippen LogP contribution in [0.2, 0.25) is 0 Å². The van der Waals surface area contributed by atoms with Crippen molar-refractivity contribution in [1.82, 2.24) is 9.88 Å². The molecule has 1 aromatic carbocycles. The van der Waals surface area contributed by atoms with Gasteiger partial charge in [0, 0.05) is 11.0 Å². The van der Waals surface area contributed by atoms with Gasteiger partial charge in [0.05, 0.1) is 6.04 Å². The lowest BCUT2D eigenvalue weighted by atomic mass is 10.0. The zero-order chi connectivity index (χ0) is 14.8. The molecule has 1 aliphatic rings. The average Bonchev–Trinajstić information content (AvgIpc) is 2.96. The van der Waals surface area contributed by atoms with Crippen molar-refractivity contribution in [2.75, 3.05) is 6.54 Å². The van der Waals surface area contributed by atoms with E-state index in [-0.39, 0.29) is 11.9 Å². The first kappa shape index (κ1) is 14.7. The van der Waals surface area contributed by atoms with Crippen molar-refractivity contribution in [3.8, 4) is 0 Å². The van der Waals surface area contributed by atoms with Gasteiger partial charge < -0.3 is 4.90 Å². The Hall–Kier alpha value is -1.20. The molecular weight excluding hydrogens is 396 g/mol. The molecule has 108 valence electrons. The summed E-state index contributed by atoms with van der Waals surface area (Å²) in [5, 5.41) is 0. The maximum absolute atomic E-state index is 12.7. The summed E-state index contributed by atoms with van der Waals surface area (Å²) in [7, 11) is 0. The smallest absolute Gasteiger partial charge is 0.273 e. The van der Waals surface area contributed by atoms with Crippen molar-refractivity contribution >= 4 is 37.8 Å². The molecule has 3 rings (SSSR count). The monoisotopic (exact) mass is 408 g/mol. The predicted octanol–water partition coefficient (Wildman–Crippen LogP) is 4.58. The number of amides is 1. The number of rotatable bonds is 2. The lowest BCUT2D eigenvalue weighted by Gasteiger charge is -2.25. The molecule has 1 saturated heterocycles. The van der Waals surface area contributed by atoms with Crippen LogP contribution in [0.25, 0.3) is 0 Å². The van der Waals surface area contributed by atoms with Gasteiger partial charge in [-0.2, -0.15) is 0 Å². The van der Waals surface area contributed by atoms with Crippen LogP contribution in [0.15, 0.2) is 51.5 Å². The molecule has 0 bridgehead atoms. The Morgan fingerprint density at radius 3 is 2.76 bits per heavy atom. The second-order valence-electron chi connectivity index (χ2n) is 5.06. The number of halogens is 2. The first-order valence-electron chi connectivity index (χ1n) is 6.84. The molecule has 0 aliphatic carbocycles. The molecule has 0 spiro atoms. The van der Waals surface area contributed by atoms with Crippen molar-refractivity contribution in [1.29, 1.82) is 0 Å². The highest BCUT2D eigenvalue weighted by molar-refractivity contribution is 9.10. The van der Waals surface area contributed by atoms with E-state index in [9.17, 15) is 4.79 Å². The highest BCUT2D eigenvalue weighted by Crippen LogP contribution is 2.34. The van der Waals surface area contributed by atoms with Gasteiger partial charge in [0.1, 0.15) is 10.3 Å². The third-order valence-electron chi connectivity index (χ3n) is 3.68. The zero-order valence-corrected chi connectivity index (χ0v) is 14.5. The highest BCUT2D eigenvalue weighted by atomic mass is 79.9. The molecule has 1 fully saturated rings. The van der Waals surface area contributed by atoms with Crippen molar-refractivity contribution in [3.63, 3.8) is 0 Å². The molecule has 2 heterocycles. The van der Waals surface area contributed by atoms with Crippen LogP contribution in [0.3, 0.4) is 0 Å². The lowest BCUT2D eigenvalue weighted by molar-refractivity contribution is 0.0729. The summed E-state index contributed by atoms with van der Waals surface area (Å²) >= 11 is 6.82. The lowest BCUT2D eigenvalue weighted by Crippen LogP contribution is -2.31. The van der Waals surface area contributed by atoms with E-state index in [0.29, 0.717) is 10.3 Å². The largest absolute Gasteiger partial charge is 0.330 e. The Bertz CT molecular complexity index is 675. The van der Waals surface area contributed by atoms with Crippen molar-refractivity contribution in [2.45, 2.75) is 18.9 Å². The standard InChI is InChI=1S/C16H14Br2N2O/c17-12-5-1-4-11(10-12)14-7-3-9-20(14)16(21)13-6-2-8-15(18)19-13/h1-2,4-6,8,10,14H,3,7,9H2. The molecular formula is C16H14Br2N2O. The van der Waals surface area contributed by atoms with E-state index in [4.69, 9.17) is 0 Å². The number of nitrogens with zero attached hydrogens (tertiary/aromatic N) is 2. The normalized spacial score (nSPS) is 18.0. The van der Waals surface area contributed by atoms with Gasteiger partial charge in [-0.25, -0.2) is 4.98 Å². The molecule has 2 aromatic rings. The molecule has 5 heteroatoms. The minimum atomic E-state index is -0.00113. The topological polar surface area (TPSA) is 33.2 Å². The van der Waals surface area contributed by atoms with Gasteiger partial charge in [0.25, 0.3) is 5.91 Å². The predicted molar refractivity (Wildman–Crippen MR) is 89.1 cm³/mol. The summed E-state index contributed by atoms with van der Waals surface area (Å²) in [6, 6.07) is 13.7. The van der Waals surface area contributed by atoms with Crippen LogP contribution in [0, 0.1) is 0 Å². The van der Waals surface area contributed by atoms with Crippen LogP contribution >= 0.6 is 31.9 Å². The fourth-order valence-electron chi connectivity index (χ4n) is 2.74. The second kappa shape index (κ2) is 6.28. The molecule has 1 atom stereocenters. The minimum absolute atomic E-state index is 0.00113. The number of aromatic nitrogens is 1. The number of carbonyl (C=O) groups is 1. The van der Waals surface area contributed by atoms with Gasteiger partial charge in [-0.05, 0) is 58.6 Å². The Kier molecular flexibility index (Phi) is 4.40. The van der Waals surface area contributed by atoms with Crippen LogP contribution in [-0.2, 0) is 0 Å². The quantitative estimate of drug-likeness (QED) is 0.680. The number of likely N-dealkylation sites (tertiary alicyclic amines) is 1. The number of hydrogen-bond donors (Lipinski definition) is 0. The van der Waals surface area contributed by atoms with Crippen molar-refractivity contribution < 1.29 is 4.79 Å². The summed E-state index contributed by atoms with van der Waals surface area (Å²) in [6.07, 6.45) is 2.02. The van der Waals surface area contributed by atoms with Crippen LogP contribution in [0.4, 0.5) is 0 Å². The van der Waals surface area contributed by atoms with E-state index >= 15 is 0 Å². The minimum Gasteiger partial charge on any atom is -0.330 e. The summed E-state index contributed by atoms with van der Waals surface area (Å²) in [4.78, 5) is 18.9. The van der Waals surface area contributed by atoms with Crippen LogP contribution < -0.4 is 0 Å². The Morgan fingerprint density at radius 1 is 1.19 bits per heavy atom. The summed E-state index contributed by atoms with van der Waals surface area (Å²) in [5.74, 6) is -0.00113. The third kappa shape index (κ3) is 3.19. The van der Waals surface area contributed by atoms with E-state index < -0.39 is 0 Å². The van der Waals surface area contributed by atoms with Gasteiger partial charge in [-0.3, -0.25) is 4.79 Å². The number of carbonyl (C=O) groups excluding carboxylic acids is 1. The zero-order valence-electron chi connectivity index (χ0n) is 11.3. The molecule has 1 unspecified atom stereocenters. The first-order chi connectivity index (χ1) is 10.1. The van der Waals surface area contributed by atoms with E-state index in [2.05, 4.69) is 49.0 Å². The van der Waals surface area contributed by atoms with Gasteiger partial charge in [-0.15, -0.1) is 0 Å². The second-order valence-corrected chi connectivity index (χ2v) is 6.79. The maximum atomic E-state index is 12.7. The molecule has 3 nitrogen and oxygen atoms in total. The van der Waals surface area contributed by atoms with Gasteiger partial charge >= 0.3 is 0 Å². The van der Waals surface area contributed by atoms with Gasteiger partial charge in [-0.1, -0.05) is 34.1 Å². The molecule has 0 saturated carbocycles. The Balaban J connectivity index is 1.89. The SMILES string of the molecule is O=C(c1cccc(Br)n1)N1CCCC1c1cccc(Br)c1. The van der Waals surface area contributed by atoms with Crippen molar-refractivity contribution in [2.24, 2.45) is 0 Å². The molecule has 1 aliphatic heterocycles. The van der Waals surface area contributed by atoms with Gasteiger partial charge in [0.2, 0.25) is 0 Å². The maximum Gasteiger partial charge on any atom is 0.273 e. The molecule has 0 N–H and O–H groups in total. The molecule has 1 aromatic heterocycles. The van der Waals surface area contributed by atoms with E-state index in [1.807, 2.05) is 29.2 Å². The number of benzene rings is 1. The van der Waals surface area contributed by atoms with Crippen LogP contribution in [0.1, 0.15) is 34.9 Å². The highest BCUT2D eigenvalue weighted by Gasteiger charge is 2.31. The van der Waals surface area contributed by atoms with Crippen molar-refractivity contribution in [3.05, 3.63) is 62.8 Å². The Labute approximate surface area is 140 Å².